The van der Waals surface area contributed by atoms with E-state index in [0.29, 0.717) is 17.5 Å². The van der Waals surface area contributed by atoms with E-state index < -0.39 is 0 Å². The molecule has 5 heterocycles. The van der Waals surface area contributed by atoms with E-state index in [1.165, 1.54) is 12.7 Å². The van der Waals surface area contributed by atoms with Gasteiger partial charge in [0.1, 0.15) is 12.1 Å². The van der Waals surface area contributed by atoms with Crippen molar-refractivity contribution in [1.29, 1.82) is 0 Å². The number of fused-ring (bicyclic) bond motifs is 1. The molecule has 0 aromatic carbocycles. The Balaban J connectivity index is 1.56. The molecular formula is C18H21N9O. The fourth-order valence-electron chi connectivity index (χ4n) is 3.79. The quantitative estimate of drug-likeness (QED) is 0.534. The first-order valence-corrected chi connectivity index (χ1v) is 9.46. The van der Waals surface area contributed by atoms with Crippen LogP contribution in [0.15, 0.2) is 29.3 Å². The molecule has 10 heteroatoms. The Hall–Kier alpha value is -3.30. The molecular weight excluding hydrogens is 358 g/mol. The van der Waals surface area contributed by atoms with Crippen molar-refractivity contribution in [3.63, 3.8) is 0 Å². The van der Waals surface area contributed by atoms with E-state index >= 15 is 0 Å². The Labute approximate surface area is 161 Å². The van der Waals surface area contributed by atoms with Crippen LogP contribution in [-0.2, 0) is 7.05 Å². The predicted octanol–water partition coefficient (Wildman–Crippen LogP) is 2.34. The molecule has 5 rings (SSSR count). The normalized spacial score (nSPS) is 17.9. The lowest BCUT2D eigenvalue weighted by Gasteiger charge is -2.29. The number of anilines is 1. The molecule has 0 N–H and O–H groups in total. The molecule has 0 saturated carbocycles. The zero-order valence-corrected chi connectivity index (χ0v) is 15.9. The van der Waals surface area contributed by atoms with E-state index in [0.717, 1.165) is 42.9 Å². The van der Waals surface area contributed by atoms with E-state index in [1.807, 2.05) is 26.2 Å². The van der Waals surface area contributed by atoms with Crippen molar-refractivity contribution in [1.82, 2.24) is 39.5 Å². The monoisotopic (exact) mass is 379 g/mol. The maximum Gasteiger partial charge on any atom is 0.261 e. The second kappa shape index (κ2) is 6.70. The molecule has 4 aromatic heterocycles. The minimum atomic E-state index is 0.00544. The van der Waals surface area contributed by atoms with Gasteiger partial charge in [-0.3, -0.25) is 4.68 Å². The second-order valence-electron chi connectivity index (χ2n) is 7.15. The fraction of sp³-hybridized carbons (Fsp3) is 0.444. The lowest BCUT2D eigenvalue weighted by Crippen LogP contribution is -2.31. The molecule has 0 radical (unpaired) electrons. The number of hydrogen-bond acceptors (Lipinski definition) is 8. The molecule has 1 aliphatic heterocycles. The van der Waals surface area contributed by atoms with Crippen LogP contribution in [0.2, 0.25) is 0 Å². The summed E-state index contributed by atoms with van der Waals surface area (Å²) in [6.45, 7) is 2.86. The van der Waals surface area contributed by atoms with Gasteiger partial charge in [-0.15, -0.1) is 0 Å². The minimum absolute atomic E-state index is 0.00544. The van der Waals surface area contributed by atoms with Gasteiger partial charge in [0.05, 0.1) is 17.8 Å². The first-order valence-electron chi connectivity index (χ1n) is 9.46. The van der Waals surface area contributed by atoms with Crippen molar-refractivity contribution in [2.45, 2.75) is 38.6 Å². The largest absolute Gasteiger partial charge is 0.346 e. The zero-order valence-electron chi connectivity index (χ0n) is 15.9. The minimum Gasteiger partial charge on any atom is -0.346 e. The average Bonchev–Trinajstić information content (AvgIpc) is 3.39. The van der Waals surface area contributed by atoms with Crippen molar-refractivity contribution < 1.29 is 4.52 Å². The van der Waals surface area contributed by atoms with E-state index in [1.54, 1.807) is 15.4 Å². The Bertz CT molecular complexity index is 1110. The molecule has 4 aromatic rings. The van der Waals surface area contributed by atoms with Crippen LogP contribution in [0.3, 0.4) is 0 Å². The van der Waals surface area contributed by atoms with Gasteiger partial charge in [-0.1, -0.05) is 18.0 Å². The van der Waals surface area contributed by atoms with Crippen LogP contribution in [-0.4, -0.2) is 46.0 Å². The van der Waals surface area contributed by atoms with E-state index in [4.69, 9.17) is 9.51 Å². The molecule has 0 unspecified atom stereocenters. The average molecular weight is 379 g/mol. The molecule has 10 nitrogen and oxygen atoms in total. The molecule has 144 valence electrons. The van der Waals surface area contributed by atoms with E-state index in [2.05, 4.69) is 30.2 Å². The Kier molecular flexibility index (Phi) is 4.03. The fourth-order valence-corrected chi connectivity index (χ4v) is 3.79. The Morgan fingerprint density at radius 2 is 2.07 bits per heavy atom. The molecule has 1 aliphatic rings. The van der Waals surface area contributed by atoms with Gasteiger partial charge in [0, 0.05) is 31.5 Å². The third-order valence-electron chi connectivity index (χ3n) is 5.10. The first-order chi connectivity index (χ1) is 13.7. The highest BCUT2D eigenvalue weighted by Crippen LogP contribution is 2.34. The number of hydrogen-bond donors (Lipinski definition) is 0. The summed E-state index contributed by atoms with van der Waals surface area (Å²) in [4.78, 5) is 15.7. The molecule has 0 aliphatic carbocycles. The van der Waals surface area contributed by atoms with Crippen LogP contribution >= 0.6 is 0 Å². The first kappa shape index (κ1) is 16.8. The smallest absolute Gasteiger partial charge is 0.261 e. The summed E-state index contributed by atoms with van der Waals surface area (Å²) in [5.41, 5.74) is 1.72. The molecule has 0 spiro atoms. The van der Waals surface area contributed by atoms with Crippen molar-refractivity contribution in [3.8, 4) is 11.5 Å². The standard InChI is InChI=1S/C18H21N9O/c1-12-8-15(27-18(22-12)19-11-21-27)26-7-5-3-4-6-14(26)16-23-17(28-24-16)13-9-20-25(2)10-13/h8-11,14H,3-7H2,1-2H3/t14-/m1/s1. The summed E-state index contributed by atoms with van der Waals surface area (Å²) in [5, 5.41) is 12.9. The summed E-state index contributed by atoms with van der Waals surface area (Å²) >= 11 is 0. The molecule has 1 fully saturated rings. The van der Waals surface area contributed by atoms with Crippen LogP contribution in [0.5, 0.6) is 0 Å². The van der Waals surface area contributed by atoms with Gasteiger partial charge in [-0.25, -0.2) is 4.98 Å². The van der Waals surface area contributed by atoms with Crippen molar-refractivity contribution >= 4 is 11.6 Å². The van der Waals surface area contributed by atoms with Gasteiger partial charge in [-0.2, -0.15) is 24.7 Å². The highest BCUT2D eigenvalue weighted by Gasteiger charge is 2.29. The Morgan fingerprint density at radius 3 is 2.93 bits per heavy atom. The van der Waals surface area contributed by atoms with Gasteiger partial charge in [0.15, 0.2) is 5.82 Å². The van der Waals surface area contributed by atoms with Crippen LogP contribution in [0.1, 0.15) is 43.2 Å². The number of nitrogens with zero attached hydrogens (tertiary/aromatic N) is 9. The molecule has 1 atom stereocenters. The SMILES string of the molecule is Cc1cc(N2CCCCC[C@@H]2c2noc(-c3cnn(C)c3)n2)n2ncnc2n1. The van der Waals surface area contributed by atoms with E-state index in [-0.39, 0.29) is 6.04 Å². The lowest BCUT2D eigenvalue weighted by molar-refractivity contribution is 0.410. The second-order valence-corrected chi connectivity index (χ2v) is 7.15. The Morgan fingerprint density at radius 1 is 1.14 bits per heavy atom. The molecule has 28 heavy (non-hydrogen) atoms. The maximum atomic E-state index is 5.55. The van der Waals surface area contributed by atoms with Gasteiger partial charge < -0.3 is 9.42 Å². The zero-order chi connectivity index (χ0) is 19.1. The van der Waals surface area contributed by atoms with Gasteiger partial charge in [0.25, 0.3) is 11.7 Å². The molecule has 0 bridgehead atoms. The van der Waals surface area contributed by atoms with Crippen molar-refractivity contribution in [3.05, 3.63) is 36.3 Å². The number of aryl methyl sites for hydroxylation is 2. The molecule has 0 amide bonds. The van der Waals surface area contributed by atoms with Crippen LogP contribution in [0, 0.1) is 6.92 Å². The maximum absolute atomic E-state index is 5.55. The van der Waals surface area contributed by atoms with Crippen molar-refractivity contribution in [2.75, 3.05) is 11.4 Å². The van der Waals surface area contributed by atoms with Gasteiger partial charge >= 0.3 is 0 Å². The van der Waals surface area contributed by atoms with Crippen LogP contribution in [0.25, 0.3) is 17.2 Å². The topological polar surface area (TPSA) is 103 Å². The summed E-state index contributed by atoms with van der Waals surface area (Å²) in [7, 11) is 1.86. The number of rotatable bonds is 3. The summed E-state index contributed by atoms with van der Waals surface area (Å²) in [5.74, 6) is 2.73. The molecule has 1 saturated heterocycles. The summed E-state index contributed by atoms with van der Waals surface area (Å²) in [6, 6.07) is 2.05. The summed E-state index contributed by atoms with van der Waals surface area (Å²) < 4.78 is 9.06. The highest BCUT2D eigenvalue weighted by molar-refractivity contribution is 5.51. The third-order valence-corrected chi connectivity index (χ3v) is 5.10. The van der Waals surface area contributed by atoms with Gasteiger partial charge in [-0.05, 0) is 19.8 Å². The number of aromatic nitrogens is 8. The van der Waals surface area contributed by atoms with E-state index in [9.17, 15) is 0 Å². The van der Waals surface area contributed by atoms with Crippen LogP contribution in [0.4, 0.5) is 5.82 Å². The summed E-state index contributed by atoms with van der Waals surface area (Å²) in [6.07, 6.45) is 9.46. The third kappa shape index (κ3) is 2.90. The van der Waals surface area contributed by atoms with Gasteiger partial charge in [0.2, 0.25) is 0 Å². The highest BCUT2D eigenvalue weighted by atomic mass is 16.5. The predicted molar refractivity (Wildman–Crippen MR) is 101 cm³/mol. The van der Waals surface area contributed by atoms with Crippen LogP contribution < -0.4 is 4.90 Å². The van der Waals surface area contributed by atoms with Crippen molar-refractivity contribution in [2.24, 2.45) is 7.05 Å². The lowest BCUT2D eigenvalue weighted by atomic mass is 10.1.